The number of nitrogens with zero attached hydrogens (tertiary/aromatic N) is 3. The van der Waals surface area contributed by atoms with Crippen molar-refractivity contribution in [1.29, 1.82) is 5.26 Å². The lowest BCUT2D eigenvalue weighted by Gasteiger charge is -2.32. The minimum absolute atomic E-state index is 0. The summed E-state index contributed by atoms with van der Waals surface area (Å²) in [5, 5.41) is 9.46. The molecule has 9 heteroatoms. The normalized spacial score (nSPS) is 13.6. The number of carbonyl (C=O) groups excluding carboxylic acids is 4. The SMILES string of the molecule is C.C.C.Cc1cccc(N2C(=O)c3ccc(Oc4ccc(C(C)(c5ccc(C#N)cc5)c5ccc(Oc6ccc7c(c6)C(=O)N(C)C7=O)cc5)cc4)cc3C2=O)c1. The monoisotopic (exact) mass is 757 g/mol. The molecule has 2 aliphatic rings. The van der Waals surface area contributed by atoms with Gasteiger partial charge in [-0.3, -0.25) is 24.1 Å². The molecule has 1 unspecified atom stereocenters. The van der Waals surface area contributed by atoms with Gasteiger partial charge in [-0.05, 0) is 121 Å². The molecule has 0 radical (unpaired) electrons. The van der Waals surface area contributed by atoms with Gasteiger partial charge in [0.2, 0.25) is 0 Å². The molecule has 4 amide bonds. The van der Waals surface area contributed by atoms with Gasteiger partial charge >= 0.3 is 0 Å². The zero-order valence-electron chi connectivity index (χ0n) is 29.5. The summed E-state index contributed by atoms with van der Waals surface area (Å²) in [5.74, 6) is 0.470. The fourth-order valence-corrected chi connectivity index (χ4v) is 7.05. The highest BCUT2D eigenvalue weighted by Gasteiger charge is 2.37. The molecule has 0 saturated carbocycles. The first-order chi connectivity index (χ1) is 26.0. The third-order valence-corrected chi connectivity index (χ3v) is 10.1. The highest BCUT2D eigenvalue weighted by Crippen LogP contribution is 2.41. The topological polar surface area (TPSA) is 117 Å². The number of aryl methyl sites for hydroxylation is 1. The van der Waals surface area contributed by atoms with Crippen LogP contribution in [-0.2, 0) is 5.41 Å². The molecule has 8 rings (SSSR count). The Morgan fingerprint density at radius 3 is 1.44 bits per heavy atom. The van der Waals surface area contributed by atoms with Crippen LogP contribution < -0.4 is 14.4 Å². The molecule has 0 N–H and O–H groups in total. The number of fused-ring (bicyclic) bond motifs is 2. The molecule has 2 aliphatic heterocycles. The number of nitriles is 1. The van der Waals surface area contributed by atoms with Crippen LogP contribution in [-0.4, -0.2) is 35.6 Å². The van der Waals surface area contributed by atoms with Gasteiger partial charge in [-0.25, -0.2) is 4.90 Å². The average molecular weight is 758 g/mol. The van der Waals surface area contributed by atoms with Crippen molar-refractivity contribution >= 4 is 29.3 Å². The molecule has 0 aromatic heterocycles. The Balaban J connectivity index is 0.00000207. The van der Waals surface area contributed by atoms with E-state index in [2.05, 4.69) is 13.0 Å². The lowest BCUT2D eigenvalue weighted by atomic mass is 9.71. The quantitative estimate of drug-likeness (QED) is 0.112. The van der Waals surface area contributed by atoms with Gasteiger partial charge in [0, 0.05) is 12.5 Å². The predicted molar refractivity (Wildman–Crippen MR) is 222 cm³/mol. The maximum Gasteiger partial charge on any atom is 0.266 e. The second-order valence-electron chi connectivity index (χ2n) is 13.4. The van der Waals surface area contributed by atoms with Crippen molar-refractivity contribution in [2.24, 2.45) is 0 Å². The Hall–Kier alpha value is -7.31. The van der Waals surface area contributed by atoms with Crippen molar-refractivity contribution in [3.8, 4) is 29.1 Å². The first-order valence-corrected chi connectivity index (χ1v) is 17.2. The van der Waals surface area contributed by atoms with E-state index in [9.17, 15) is 24.4 Å². The summed E-state index contributed by atoms with van der Waals surface area (Å²) in [7, 11) is 1.46. The van der Waals surface area contributed by atoms with Gasteiger partial charge in [-0.15, -0.1) is 0 Å². The number of imide groups is 2. The summed E-state index contributed by atoms with van der Waals surface area (Å²) in [4.78, 5) is 53.7. The first kappa shape index (κ1) is 40.9. The van der Waals surface area contributed by atoms with E-state index in [1.54, 1.807) is 60.7 Å². The summed E-state index contributed by atoms with van der Waals surface area (Å²) in [6.07, 6.45) is 0. The van der Waals surface area contributed by atoms with Crippen LogP contribution in [0.3, 0.4) is 0 Å². The Bertz CT molecular complexity index is 2570. The van der Waals surface area contributed by atoms with E-state index in [-0.39, 0.29) is 45.6 Å². The van der Waals surface area contributed by atoms with Crippen molar-refractivity contribution < 1.29 is 28.7 Å². The maximum absolute atomic E-state index is 13.4. The zero-order chi connectivity index (χ0) is 37.7. The van der Waals surface area contributed by atoms with Gasteiger partial charge in [-0.2, -0.15) is 5.26 Å². The third-order valence-electron chi connectivity index (χ3n) is 10.1. The number of ether oxygens (including phenoxy) is 2. The zero-order valence-corrected chi connectivity index (χ0v) is 29.5. The fourth-order valence-electron chi connectivity index (χ4n) is 7.05. The Morgan fingerprint density at radius 2 is 0.947 bits per heavy atom. The molecule has 9 nitrogen and oxygen atoms in total. The van der Waals surface area contributed by atoms with Crippen molar-refractivity contribution in [2.75, 3.05) is 11.9 Å². The van der Waals surface area contributed by atoms with Crippen molar-refractivity contribution in [1.82, 2.24) is 4.90 Å². The molecule has 1 atom stereocenters. The van der Waals surface area contributed by atoms with E-state index in [4.69, 9.17) is 9.47 Å². The summed E-state index contributed by atoms with van der Waals surface area (Å²) in [6.45, 7) is 4.01. The highest BCUT2D eigenvalue weighted by molar-refractivity contribution is 6.34. The number of carbonyl (C=O) groups is 4. The molecular formula is C48H43N3O6. The average Bonchev–Trinajstić information content (AvgIpc) is 3.57. The van der Waals surface area contributed by atoms with Crippen LogP contribution in [0.2, 0.25) is 0 Å². The summed E-state index contributed by atoms with van der Waals surface area (Å²) < 4.78 is 12.3. The Kier molecular flexibility index (Phi) is 11.3. The van der Waals surface area contributed by atoms with E-state index in [0.717, 1.165) is 27.2 Å². The van der Waals surface area contributed by atoms with E-state index < -0.39 is 11.3 Å². The van der Waals surface area contributed by atoms with E-state index in [0.29, 0.717) is 50.9 Å². The number of amides is 4. The van der Waals surface area contributed by atoms with Crippen LogP contribution in [0.15, 0.2) is 133 Å². The van der Waals surface area contributed by atoms with Crippen molar-refractivity contribution in [3.63, 3.8) is 0 Å². The Morgan fingerprint density at radius 1 is 0.526 bits per heavy atom. The number of anilines is 1. The molecule has 2 heterocycles. The second kappa shape index (κ2) is 15.8. The fraction of sp³-hybridized carbons (Fsp3) is 0.146. The van der Waals surface area contributed by atoms with Gasteiger partial charge in [-0.1, -0.05) is 70.8 Å². The first-order valence-electron chi connectivity index (χ1n) is 17.2. The van der Waals surface area contributed by atoms with Gasteiger partial charge in [0.15, 0.2) is 0 Å². The maximum atomic E-state index is 13.4. The summed E-state index contributed by atoms with van der Waals surface area (Å²) >= 11 is 0. The third kappa shape index (κ3) is 7.05. The van der Waals surface area contributed by atoms with Crippen molar-refractivity contribution in [3.05, 3.63) is 184 Å². The van der Waals surface area contributed by atoms with E-state index in [1.165, 1.54) is 11.9 Å². The number of benzene rings is 6. The van der Waals surface area contributed by atoms with Crippen LogP contribution in [0.1, 0.15) is 98.5 Å². The number of rotatable bonds is 8. The van der Waals surface area contributed by atoms with E-state index in [1.807, 2.05) is 79.7 Å². The molecule has 6 aromatic carbocycles. The van der Waals surface area contributed by atoms with Crippen LogP contribution in [0.4, 0.5) is 5.69 Å². The number of hydrogen-bond donors (Lipinski definition) is 0. The molecular weight excluding hydrogens is 715 g/mol. The molecule has 6 aromatic rings. The summed E-state index contributed by atoms with van der Waals surface area (Å²) in [5.41, 5.74) is 5.45. The van der Waals surface area contributed by atoms with E-state index >= 15 is 0 Å². The van der Waals surface area contributed by atoms with Crippen LogP contribution >= 0.6 is 0 Å². The smallest absolute Gasteiger partial charge is 0.266 e. The van der Waals surface area contributed by atoms with Crippen LogP contribution in [0.25, 0.3) is 0 Å². The van der Waals surface area contributed by atoms with Gasteiger partial charge < -0.3 is 9.47 Å². The largest absolute Gasteiger partial charge is 0.457 e. The van der Waals surface area contributed by atoms with Gasteiger partial charge in [0.05, 0.1) is 39.6 Å². The number of hydrogen-bond acceptors (Lipinski definition) is 7. The highest BCUT2D eigenvalue weighted by atomic mass is 16.5. The molecule has 286 valence electrons. The molecule has 0 spiro atoms. The molecule has 0 saturated heterocycles. The lowest BCUT2D eigenvalue weighted by Crippen LogP contribution is -2.29. The molecule has 57 heavy (non-hydrogen) atoms. The minimum atomic E-state index is -0.671. The molecule has 0 fully saturated rings. The Labute approximate surface area is 333 Å². The van der Waals surface area contributed by atoms with Crippen LogP contribution in [0, 0.1) is 18.3 Å². The lowest BCUT2D eigenvalue weighted by molar-refractivity contribution is 0.0692. The van der Waals surface area contributed by atoms with Gasteiger partial charge in [0.1, 0.15) is 23.0 Å². The molecule has 0 aliphatic carbocycles. The molecule has 0 bridgehead atoms. The summed E-state index contributed by atoms with van der Waals surface area (Å²) in [6, 6.07) is 41.9. The minimum Gasteiger partial charge on any atom is -0.457 e. The van der Waals surface area contributed by atoms with Crippen molar-refractivity contribution in [2.45, 2.75) is 41.5 Å². The second-order valence-corrected chi connectivity index (χ2v) is 13.4. The standard InChI is InChI=1S/C45H31N3O6.3CH4/c1-27-5-4-6-32(23-27)48-43(51)38-22-20-36(25-40(38)44(48)52)54-34-17-13-31(14-18-34)45(2,29-9-7-28(26-46)8-10-29)30-11-15-33(16-12-30)53-35-19-21-37-39(24-35)42(50)47(3)41(37)49;;;/h4-25H,1-3H3;3*1H4. The van der Waals surface area contributed by atoms with Gasteiger partial charge in [0.25, 0.3) is 23.6 Å². The van der Waals surface area contributed by atoms with Crippen LogP contribution in [0.5, 0.6) is 23.0 Å². The predicted octanol–water partition coefficient (Wildman–Crippen LogP) is 10.7.